The maximum atomic E-state index is 12.4. The lowest BCUT2D eigenvalue weighted by Crippen LogP contribution is -2.52. The minimum absolute atomic E-state index is 0.191. The third kappa shape index (κ3) is 2.49. The zero-order chi connectivity index (χ0) is 18.9. The molecule has 2 N–H and O–H groups in total. The second-order valence-electron chi connectivity index (χ2n) is 8.56. The Morgan fingerprint density at radius 1 is 1.32 bits per heavy atom. The highest BCUT2D eigenvalue weighted by atomic mass is 35.5. The van der Waals surface area contributed by atoms with Crippen LogP contribution in [0.1, 0.15) is 50.0 Å². The van der Waals surface area contributed by atoms with Crippen molar-refractivity contribution in [1.82, 2.24) is 15.2 Å². The lowest BCUT2D eigenvalue weighted by Gasteiger charge is -2.42. The average Bonchev–Trinajstić information content (AvgIpc) is 3.38. The number of urea groups is 1. The van der Waals surface area contributed by atoms with Gasteiger partial charge >= 0.3 is 6.03 Å². The minimum Gasteiger partial charge on any atom is -0.439 e. The maximum absolute atomic E-state index is 12.4. The predicted molar refractivity (Wildman–Crippen MR) is 104 cm³/mol. The summed E-state index contributed by atoms with van der Waals surface area (Å²) >= 11 is 6.57. The van der Waals surface area contributed by atoms with Gasteiger partial charge in [-0.15, -0.1) is 0 Å². The summed E-state index contributed by atoms with van der Waals surface area (Å²) in [6.45, 7) is 2.41. The summed E-state index contributed by atoms with van der Waals surface area (Å²) in [6.07, 6.45) is 6.57. The summed E-state index contributed by atoms with van der Waals surface area (Å²) in [7, 11) is 0. The van der Waals surface area contributed by atoms with Gasteiger partial charge in [0.05, 0.1) is 35.5 Å². The molecular weight excluding hydrogens is 380 g/mol. The summed E-state index contributed by atoms with van der Waals surface area (Å²) in [5.41, 5.74) is 2.75. The number of carbonyl (C=O) groups is 1. The van der Waals surface area contributed by atoms with Gasteiger partial charge in [-0.25, -0.2) is 9.78 Å². The number of nitrogens with one attached hydrogen (secondary N) is 2. The molecule has 2 bridgehead atoms. The van der Waals surface area contributed by atoms with Gasteiger partial charge < -0.3 is 19.8 Å². The van der Waals surface area contributed by atoms with Crippen molar-refractivity contribution in [2.24, 2.45) is 0 Å². The van der Waals surface area contributed by atoms with Crippen LogP contribution in [0.3, 0.4) is 0 Å². The third-order valence-electron chi connectivity index (χ3n) is 6.81. The fourth-order valence-corrected chi connectivity index (χ4v) is 5.77. The Morgan fingerprint density at radius 2 is 2.18 bits per heavy atom. The number of likely N-dealkylation sites (tertiary alicyclic amines) is 1. The monoisotopic (exact) mass is 402 g/mol. The van der Waals surface area contributed by atoms with Crippen molar-refractivity contribution in [3.63, 3.8) is 0 Å². The number of ether oxygens (including phenoxy) is 1. The Morgan fingerprint density at radius 3 is 2.93 bits per heavy atom. The molecule has 2 amide bonds. The van der Waals surface area contributed by atoms with Crippen molar-refractivity contribution < 1.29 is 13.9 Å². The van der Waals surface area contributed by atoms with Gasteiger partial charge in [-0.05, 0) is 25.3 Å². The molecule has 28 heavy (non-hydrogen) atoms. The molecule has 2 atom stereocenters. The highest BCUT2D eigenvalue weighted by Crippen LogP contribution is 2.48. The number of fused-ring (bicyclic) bond motifs is 6. The van der Waals surface area contributed by atoms with Gasteiger partial charge in [0.15, 0.2) is 5.58 Å². The number of carbonyl (C=O) groups excluding carboxylic acids is 1. The van der Waals surface area contributed by atoms with Crippen LogP contribution in [-0.4, -0.2) is 41.2 Å². The Bertz CT molecular complexity index is 968. The van der Waals surface area contributed by atoms with Gasteiger partial charge in [-0.1, -0.05) is 30.9 Å². The van der Waals surface area contributed by atoms with Crippen molar-refractivity contribution >= 4 is 34.4 Å². The summed E-state index contributed by atoms with van der Waals surface area (Å²) in [5.74, 6) is 0.704. The van der Waals surface area contributed by atoms with E-state index in [0.29, 0.717) is 35.3 Å². The fourth-order valence-electron chi connectivity index (χ4n) is 5.53. The largest absolute Gasteiger partial charge is 0.439 e. The quantitative estimate of drug-likeness (QED) is 0.799. The van der Waals surface area contributed by atoms with E-state index in [0.717, 1.165) is 61.9 Å². The Kier molecular flexibility index (Phi) is 3.71. The van der Waals surface area contributed by atoms with Crippen LogP contribution in [0.2, 0.25) is 5.02 Å². The van der Waals surface area contributed by atoms with E-state index in [1.54, 1.807) is 0 Å². The van der Waals surface area contributed by atoms with Gasteiger partial charge in [0.2, 0.25) is 5.89 Å². The number of rotatable bonds is 2. The first kappa shape index (κ1) is 17.1. The van der Waals surface area contributed by atoms with Crippen molar-refractivity contribution in [1.29, 1.82) is 0 Å². The molecule has 4 aliphatic rings. The summed E-state index contributed by atoms with van der Waals surface area (Å²) in [4.78, 5) is 19.5. The van der Waals surface area contributed by atoms with E-state index >= 15 is 0 Å². The minimum atomic E-state index is -0.420. The molecular formula is C20H23ClN4O3. The van der Waals surface area contributed by atoms with Crippen LogP contribution in [0.4, 0.5) is 10.5 Å². The maximum Gasteiger partial charge on any atom is 0.319 e. The molecule has 0 radical (unpaired) electrons. The molecule has 2 aromatic rings. The van der Waals surface area contributed by atoms with E-state index in [1.807, 2.05) is 6.07 Å². The summed E-state index contributed by atoms with van der Waals surface area (Å²) in [6, 6.07) is 2.08. The molecule has 6 rings (SSSR count). The number of benzene rings is 1. The van der Waals surface area contributed by atoms with Crippen LogP contribution >= 0.6 is 11.6 Å². The van der Waals surface area contributed by atoms with Crippen LogP contribution in [0.25, 0.3) is 11.1 Å². The topological polar surface area (TPSA) is 79.6 Å². The first-order valence-corrected chi connectivity index (χ1v) is 10.6. The van der Waals surface area contributed by atoms with Crippen molar-refractivity contribution in [3.05, 3.63) is 22.5 Å². The number of aromatic nitrogens is 1. The number of nitrogens with zero attached hydrogens (tertiary/aromatic N) is 2. The van der Waals surface area contributed by atoms with E-state index in [2.05, 4.69) is 15.5 Å². The molecule has 148 valence electrons. The average molecular weight is 403 g/mol. The lowest BCUT2D eigenvalue weighted by molar-refractivity contribution is 0.0243. The fraction of sp³-hybridized carbons (Fsp3) is 0.600. The molecule has 1 aromatic carbocycles. The molecule has 7 nitrogen and oxygen atoms in total. The number of amides is 2. The van der Waals surface area contributed by atoms with E-state index in [4.69, 9.17) is 25.7 Å². The van der Waals surface area contributed by atoms with Crippen LogP contribution in [-0.2, 0) is 16.8 Å². The molecule has 2 saturated heterocycles. The zero-order valence-electron chi connectivity index (χ0n) is 15.6. The van der Waals surface area contributed by atoms with E-state index in [9.17, 15) is 4.79 Å². The Hall–Kier alpha value is -1.83. The van der Waals surface area contributed by atoms with Gasteiger partial charge in [0.25, 0.3) is 0 Å². The third-order valence-corrected chi connectivity index (χ3v) is 7.10. The van der Waals surface area contributed by atoms with Crippen LogP contribution in [0, 0.1) is 0 Å². The van der Waals surface area contributed by atoms with Gasteiger partial charge in [0.1, 0.15) is 5.52 Å². The molecule has 8 heteroatoms. The summed E-state index contributed by atoms with van der Waals surface area (Å²) < 4.78 is 12.0. The highest BCUT2D eigenvalue weighted by Gasteiger charge is 2.44. The molecule has 4 heterocycles. The standard InChI is InChI=1S/C20H23ClN4O3/c21-13-7-14-18(28-15(22-14)9-25-8-12-6-11(25)10-27-12)16-17(13)23-19(26)24-20(16)4-2-1-3-5-20/h7,11-12H,1-6,8-10H2,(H2,23,24,26)/t11-,12-/m0/s1. The van der Waals surface area contributed by atoms with Crippen molar-refractivity contribution in [3.8, 4) is 0 Å². The predicted octanol–water partition coefficient (Wildman–Crippen LogP) is 3.75. The van der Waals surface area contributed by atoms with Crippen LogP contribution in [0.5, 0.6) is 0 Å². The lowest BCUT2D eigenvalue weighted by atomic mass is 9.74. The van der Waals surface area contributed by atoms with Gasteiger partial charge in [0, 0.05) is 18.2 Å². The second-order valence-corrected chi connectivity index (χ2v) is 8.97. The normalized spacial score (nSPS) is 28.5. The second kappa shape index (κ2) is 6.08. The van der Waals surface area contributed by atoms with Crippen LogP contribution < -0.4 is 10.6 Å². The Balaban J connectivity index is 1.45. The van der Waals surface area contributed by atoms with E-state index < -0.39 is 5.54 Å². The number of hydrogen-bond donors (Lipinski definition) is 2. The van der Waals surface area contributed by atoms with Gasteiger partial charge in [-0.2, -0.15) is 0 Å². The van der Waals surface area contributed by atoms with Crippen molar-refractivity contribution in [2.45, 2.75) is 62.8 Å². The smallest absolute Gasteiger partial charge is 0.319 e. The summed E-state index contributed by atoms with van der Waals surface area (Å²) in [5, 5.41) is 6.61. The molecule has 3 fully saturated rings. The molecule has 0 unspecified atom stereocenters. The molecule has 1 aromatic heterocycles. The van der Waals surface area contributed by atoms with E-state index in [1.165, 1.54) is 6.42 Å². The number of halogens is 1. The first-order chi connectivity index (χ1) is 13.6. The molecule has 1 spiro atoms. The SMILES string of the molecule is O=C1Nc2c(Cl)cc3nc(CN4C[C@@H]5C[C@H]4CO5)oc3c2C2(CCCCC2)N1. The number of anilines is 1. The Labute approximate surface area is 167 Å². The van der Waals surface area contributed by atoms with E-state index in [-0.39, 0.29) is 6.03 Å². The first-order valence-electron chi connectivity index (χ1n) is 10.2. The molecule has 3 aliphatic heterocycles. The number of hydrogen-bond acceptors (Lipinski definition) is 5. The molecule has 1 aliphatic carbocycles. The molecule has 1 saturated carbocycles. The highest BCUT2D eigenvalue weighted by molar-refractivity contribution is 6.35. The van der Waals surface area contributed by atoms with Crippen molar-refractivity contribution in [2.75, 3.05) is 18.5 Å². The number of morpholine rings is 1. The number of oxazole rings is 1. The zero-order valence-corrected chi connectivity index (χ0v) is 16.3. The van der Waals surface area contributed by atoms with Gasteiger partial charge in [-0.3, -0.25) is 4.90 Å². The van der Waals surface area contributed by atoms with Crippen LogP contribution in [0.15, 0.2) is 10.5 Å².